The van der Waals surface area contributed by atoms with Crippen molar-refractivity contribution in [2.45, 2.75) is 19.9 Å². The Kier molecular flexibility index (Phi) is 6.75. The van der Waals surface area contributed by atoms with Crippen LogP contribution in [0.25, 0.3) is 32.6 Å². The molecule has 1 spiro atoms. The second-order valence-corrected chi connectivity index (χ2v) is 10.9. The van der Waals surface area contributed by atoms with Gasteiger partial charge < -0.3 is 15.2 Å². The van der Waals surface area contributed by atoms with E-state index in [0.717, 1.165) is 65.4 Å². The number of rotatable bonds is 8. The van der Waals surface area contributed by atoms with Gasteiger partial charge in [-0.1, -0.05) is 11.3 Å². The van der Waals surface area contributed by atoms with Crippen LogP contribution < -0.4 is 10.6 Å². The van der Waals surface area contributed by atoms with E-state index in [-0.39, 0.29) is 12.6 Å². The van der Waals surface area contributed by atoms with E-state index < -0.39 is 0 Å². The maximum absolute atomic E-state index is 12.2. The van der Waals surface area contributed by atoms with Gasteiger partial charge in [0.2, 0.25) is 0 Å². The molecule has 3 aromatic heterocycles. The Labute approximate surface area is 224 Å². The molecule has 10 nitrogen and oxygen atoms in total. The highest BCUT2D eigenvalue weighted by molar-refractivity contribution is 7.22. The fourth-order valence-electron chi connectivity index (χ4n) is 5.04. The number of amides is 2. The van der Waals surface area contributed by atoms with Crippen LogP contribution in [0.3, 0.4) is 0 Å². The van der Waals surface area contributed by atoms with Gasteiger partial charge in [0.05, 0.1) is 35.7 Å². The molecule has 196 valence electrons. The fourth-order valence-corrected chi connectivity index (χ4v) is 6.01. The van der Waals surface area contributed by atoms with Gasteiger partial charge in [-0.3, -0.25) is 15.2 Å². The first-order valence-corrected chi connectivity index (χ1v) is 13.5. The third-order valence-corrected chi connectivity index (χ3v) is 7.88. The Balaban J connectivity index is 1.35. The summed E-state index contributed by atoms with van der Waals surface area (Å²) in [5.74, 6) is 0.593. The average molecular weight is 532 g/mol. The van der Waals surface area contributed by atoms with Crippen molar-refractivity contribution in [2.24, 2.45) is 5.41 Å². The average Bonchev–Trinajstić information content (AvgIpc) is 3.27. The maximum atomic E-state index is 12.2. The van der Waals surface area contributed by atoms with Gasteiger partial charge in [-0.25, -0.2) is 19.7 Å². The van der Waals surface area contributed by atoms with Gasteiger partial charge in [0, 0.05) is 67.7 Å². The predicted molar refractivity (Wildman–Crippen MR) is 146 cm³/mol. The minimum absolute atomic E-state index is 0.00383. The Bertz CT molecular complexity index is 1460. The zero-order chi connectivity index (χ0) is 26.1. The van der Waals surface area contributed by atoms with Gasteiger partial charge in [-0.2, -0.15) is 0 Å². The van der Waals surface area contributed by atoms with E-state index in [9.17, 15) is 9.90 Å². The molecule has 1 aromatic carbocycles. The van der Waals surface area contributed by atoms with E-state index in [0.29, 0.717) is 29.3 Å². The van der Waals surface area contributed by atoms with Crippen molar-refractivity contribution in [2.75, 3.05) is 44.8 Å². The van der Waals surface area contributed by atoms with Crippen LogP contribution >= 0.6 is 11.3 Å². The quantitative estimate of drug-likeness (QED) is 0.316. The lowest BCUT2D eigenvalue weighted by Crippen LogP contribution is -2.65. The van der Waals surface area contributed by atoms with Crippen LogP contribution in [0, 0.1) is 5.41 Å². The predicted octanol–water partition coefficient (Wildman–Crippen LogP) is 3.32. The molecule has 2 amide bonds. The number of hydrogen-bond acceptors (Lipinski definition) is 9. The molecule has 3 N–H and O–H groups in total. The van der Waals surface area contributed by atoms with E-state index in [1.54, 1.807) is 12.4 Å². The standard InChI is InChI=1S/C27H29N7O3S/c1-2-28-25(36)33-26-32-22-9-18(19-10-30-23(4-6-35)31-11-19)8-20(24(22)38-26)21-7-17(3-5-29-21)12-34-13-27(14-34)15-37-16-27/h3,5,7-11,35H,2,4,6,12-16H2,1H3,(H2,28,32,33,36). The van der Waals surface area contributed by atoms with Crippen LogP contribution in [-0.2, 0) is 17.7 Å². The van der Waals surface area contributed by atoms with E-state index in [4.69, 9.17) is 14.7 Å². The molecule has 2 aliphatic heterocycles. The zero-order valence-corrected chi connectivity index (χ0v) is 21.9. The largest absolute Gasteiger partial charge is 0.396 e. The summed E-state index contributed by atoms with van der Waals surface area (Å²) in [6, 6.07) is 7.97. The molecule has 0 aliphatic carbocycles. The van der Waals surface area contributed by atoms with E-state index >= 15 is 0 Å². The number of aliphatic hydroxyl groups excluding tert-OH is 1. The van der Waals surface area contributed by atoms with Gasteiger partial charge in [-0.05, 0) is 42.3 Å². The molecule has 0 bridgehead atoms. The zero-order valence-electron chi connectivity index (χ0n) is 21.1. The number of carbonyl (C=O) groups is 1. The summed E-state index contributed by atoms with van der Waals surface area (Å²) >= 11 is 1.43. The van der Waals surface area contributed by atoms with Gasteiger partial charge in [-0.15, -0.1) is 0 Å². The van der Waals surface area contributed by atoms with Crippen molar-refractivity contribution in [3.05, 3.63) is 54.2 Å². The topological polar surface area (TPSA) is 125 Å². The lowest BCUT2D eigenvalue weighted by atomic mass is 9.78. The summed E-state index contributed by atoms with van der Waals surface area (Å²) < 4.78 is 6.35. The number of aliphatic hydroxyl groups is 1. The minimum atomic E-state index is -0.287. The van der Waals surface area contributed by atoms with Crippen LogP contribution in [0.5, 0.6) is 0 Å². The van der Waals surface area contributed by atoms with Crippen LogP contribution in [0.1, 0.15) is 18.3 Å². The van der Waals surface area contributed by atoms with Crippen molar-refractivity contribution in [3.63, 3.8) is 0 Å². The third-order valence-electron chi connectivity index (χ3n) is 6.86. The van der Waals surface area contributed by atoms with Crippen molar-refractivity contribution >= 4 is 32.7 Å². The molecule has 2 fully saturated rings. The first kappa shape index (κ1) is 24.8. The number of benzene rings is 1. The summed E-state index contributed by atoms with van der Waals surface area (Å²) in [5, 5.41) is 15.3. The molecule has 0 unspecified atom stereocenters. The summed E-state index contributed by atoms with van der Waals surface area (Å²) in [4.78, 5) is 32.8. The Morgan fingerprint density at radius 2 is 1.97 bits per heavy atom. The smallest absolute Gasteiger partial charge is 0.321 e. The summed E-state index contributed by atoms with van der Waals surface area (Å²) in [6.45, 7) is 7.16. The number of pyridine rings is 1. The molecule has 2 aliphatic rings. The number of aromatic nitrogens is 4. The van der Waals surface area contributed by atoms with Crippen LogP contribution in [0.4, 0.5) is 9.93 Å². The van der Waals surface area contributed by atoms with Gasteiger partial charge >= 0.3 is 6.03 Å². The number of hydrogen-bond donors (Lipinski definition) is 3. The number of anilines is 1. The number of fused-ring (bicyclic) bond motifs is 1. The molecular weight excluding hydrogens is 502 g/mol. The number of urea groups is 1. The SMILES string of the molecule is CCNC(=O)Nc1nc2cc(-c3cnc(CCO)nc3)cc(-c3cc(CN4CC5(COC5)C4)ccn3)c2s1. The second-order valence-electron chi connectivity index (χ2n) is 9.92. The monoisotopic (exact) mass is 531 g/mol. The normalized spacial score (nSPS) is 16.3. The van der Waals surface area contributed by atoms with E-state index in [2.05, 4.69) is 43.7 Å². The van der Waals surface area contributed by atoms with Gasteiger partial charge in [0.25, 0.3) is 0 Å². The van der Waals surface area contributed by atoms with Gasteiger partial charge in [0.1, 0.15) is 5.82 Å². The van der Waals surface area contributed by atoms with Crippen LogP contribution in [0.15, 0.2) is 42.9 Å². The molecule has 0 radical (unpaired) electrons. The van der Waals surface area contributed by atoms with Crippen LogP contribution in [0.2, 0.25) is 0 Å². The first-order chi connectivity index (χ1) is 18.5. The first-order valence-electron chi connectivity index (χ1n) is 12.7. The molecule has 0 atom stereocenters. The Hall–Kier alpha value is -3.51. The van der Waals surface area contributed by atoms with Crippen molar-refractivity contribution in [3.8, 4) is 22.4 Å². The maximum Gasteiger partial charge on any atom is 0.321 e. The van der Waals surface area contributed by atoms with Crippen molar-refractivity contribution < 1.29 is 14.6 Å². The number of ether oxygens (including phenoxy) is 1. The van der Waals surface area contributed by atoms with Crippen LogP contribution in [-0.4, -0.2) is 75.4 Å². The minimum Gasteiger partial charge on any atom is -0.396 e. The molecule has 11 heteroatoms. The van der Waals surface area contributed by atoms with E-state index in [1.165, 1.54) is 16.9 Å². The molecule has 5 heterocycles. The van der Waals surface area contributed by atoms with E-state index in [1.807, 2.05) is 19.2 Å². The van der Waals surface area contributed by atoms with Gasteiger partial charge in [0.15, 0.2) is 5.13 Å². The number of carbonyl (C=O) groups excluding carboxylic acids is 1. The highest BCUT2D eigenvalue weighted by atomic mass is 32.1. The molecule has 2 saturated heterocycles. The molecule has 0 saturated carbocycles. The van der Waals surface area contributed by atoms with Crippen molar-refractivity contribution in [1.29, 1.82) is 0 Å². The lowest BCUT2D eigenvalue weighted by Gasteiger charge is -2.55. The summed E-state index contributed by atoms with van der Waals surface area (Å²) in [6.07, 6.45) is 5.79. The number of thiazole rings is 1. The molecule has 4 aromatic rings. The fraction of sp³-hybridized carbons (Fsp3) is 0.370. The Morgan fingerprint density at radius 1 is 1.16 bits per heavy atom. The van der Waals surface area contributed by atoms with Crippen molar-refractivity contribution in [1.82, 2.24) is 30.2 Å². The summed E-state index contributed by atoms with van der Waals surface area (Å²) in [5.41, 5.74) is 5.86. The highest BCUT2D eigenvalue weighted by Gasteiger charge is 2.48. The Morgan fingerprint density at radius 3 is 2.68 bits per heavy atom. The second kappa shape index (κ2) is 10.3. The number of likely N-dealkylation sites (tertiary alicyclic amines) is 1. The number of nitrogens with one attached hydrogen (secondary N) is 2. The number of nitrogens with zero attached hydrogens (tertiary/aromatic N) is 5. The lowest BCUT2D eigenvalue weighted by molar-refractivity contribution is -0.191. The molecule has 38 heavy (non-hydrogen) atoms. The highest BCUT2D eigenvalue weighted by Crippen LogP contribution is 2.40. The molecule has 6 rings (SSSR count). The molecular formula is C27H29N7O3S. The summed E-state index contributed by atoms with van der Waals surface area (Å²) in [7, 11) is 0. The third kappa shape index (κ3) is 4.97.